The van der Waals surface area contributed by atoms with Crippen LogP contribution >= 0.6 is 11.6 Å². The number of rotatable bonds is 3. The molecule has 1 aromatic heterocycles. The lowest BCUT2D eigenvalue weighted by atomic mass is 10.3. The van der Waals surface area contributed by atoms with E-state index in [4.69, 9.17) is 21.1 Å². The van der Waals surface area contributed by atoms with Gasteiger partial charge in [0.1, 0.15) is 16.7 Å². The van der Waals surface area contributed by atoms with Crippen LogP contribution in [0.2, 0.25) is 5.15 Å². The fourth-order valence-corrected chi connectivity index (χ4v) is 1.49. The standard InChI is InChI=1S/C12H11ClN2O3/c1-15-11(13)7-10(14-15)12(16)18-9-5-3-8(17-2)4-6-9/h3-7H,1-2H3. The molecule has 0 radical (unpaired) electrons. The summed E-state index contributed by atoms with van der Waals surface area (Å²) in [6, 6.07) is 8.14. The average molecular weight is 267 g/mol. The van der Waals surface area contributed by atoms with Gasteiger partial charge in [0.2, 0.25) is 0 Å². The Morgan fingerprint density at radius 2 is 1.89 bits per heavy atom. The number of methoxy groups -OCH3 is 1. The third kappa shape index (κ3) is 2.62. The summed E-state index contributed by atoms with van der Waals surface area (Å²) in [5, 5.41) is 4.30. The number of halogens is 1. The van der Waals surface area contributed by atoms with Gasteiger partial charge in [-0.2, -0.15) is 5.10 Å². The first-order chi connectivity index (χ1) is 8.60. The Kier molecular flexibility index (Phi) is 3.53. The molecule has 1 aromatic carbocycles. The van der Waals surface area contributed by atoms with Gasteiger partial charge in [-0.3, -0.25) is 4.68 Å². The van der Waals surface area contributed by atoms with Crippen LogP contribution in [-0.2, 0) is 7.05 Å². The molecular weight excluding hydrogens is 256 g/mol. The normalized spacial score (nSPS) is 10.2. The van der Waals surface area contributed by atoms with Gasteiger partial charge in [0.25, 0.3) is 0 Å². The first-order valence-electron chi connectivity index (χ1n) is 5.16. The summed E-state index contributed by atoms with van der Waals surface area (Å²) < 4.78 is 11.5. The van der Waals surface area contributed by atoms with Crippen molar-refractivity contribution in [2.75, 3.05) is 7.11 Å². The van der Waals surface area contributed by atoms with Gasteiger partial charge in [0.15, 0.2) is 5.69 Å². The minimum absolute atomic E-state index is 0.165. The molecular formula is C12H11ClN2O3. The zero-order valence-electron chi connectivity index (χ0n) is 9.88. The Balaban J connectivity index is 2.10. The maximum Gasteiger partial charge on any atom is 0.364 e. The molecule has 0 amide bonds. The maximum absolute atomic E-state index is 11.7. The highest BCUT2D eigenvalue weighted by Crippen LogP contribution is 2.18. The van der Waals surface area contributed by atoms with E-state index in [1.54, 1.807) is 38.4 Å². The monoisotopic (exact) mass is 266 g/mol. The summed E-state index contributed by atoms with van der Waals surface area (Å²) in [4.78, 5) is 11.7. The number of aryl methyl sites for hydroxylation is 1. The molecule has 2 aromatic rings. The van der Waals surface area contributed by atoms with Gasteiger partial charge in [-0.05, 0) is 24.3 Å². The number of hydrogen-bond acceptors (Lipinski definition) is 4. The van der Waals surface area contributed by atoms with Crippen molar-refractivity contribution in [1.29, 1.82) is 0 Å². The van der Waals surface area contributed by atoms with Gasteiger partial charge >= 0.3 is 5.97 Å². The minimum atomic E-state index is -0.553. The molecule has 0 bridgehead atoms. The van der Waals surface area contributed by atoms with E-state index in [0.717, 1.165) is 0 Å². The molecule has 0 N–H and O–H groups in total. The molecule has 0 aliphatic rings. The SMILES string of the molecule is COc1ccc(OC(=O)c2cc(Cl)n(C)n2)cc1. The van der Waals surface area contributed by atoms with Crippen LogP contribution in [0, 0.1) is 0 Å². The molecule has 0 unspecified atom stereocenters. The van der Waals surface area contributed by atoms with Gasteiger partial charge in [-0.25, -0.2) is 4.79 Å². The van der Waals surface area contributed by atoms with Crippen LogP contribution in [0.1, 0.15) is 10.5 Å². The van der Waals surface area contributed by atoms with E-state index in [9.17, 15) is 4.79 Å². The molecule has 0 atom stereocenters. The second-order valence-electron chi connectivity index (χ2n) is 3.54. The summed E-state index contributed by atoms with van der Waals surface area (Å²) in [7, 11) is 3.21. The predicted molar refractivity (Wildman–Crippen MR) is 66.2 cm³/mol. The van der Waals surface area contributed by atoms with Crippen molar-refractivity contribution in [3.05, 3.63) is 41.2 Å². The third-order valence-corrected chi connectivity index (χ3v) is 2.66. The van der Waals surface area contributed by atoms with Crippen molar-refractivity contribution in [3.8, 4) is 11.5 Å². The van der Waals surface area contributed by atoms with E-state index in [1.807, 2.05) is 0 Å². The molecule has 0 saturated heterocycles. The fraction of sp³-hybridized carbons (Fsp3) is 0.167. The number of nitrogens with zero attached hydrogens (tertiary/aromatic N) is 2. The van der Waals surface area contributed by atoms with Crippen molar-refractivity contribution in [2.45, 2.75) is 0 Å². The maximum atomic E-state index is 11.7. The molecule has 6 heteroatoms. The first kappa shape index (κ1) is 12.4. The summed E-state index contributed by atoms with van der Waals surface area (Å²) in [6.45, 7) is 0. The lowest BCUT2D eigenvalue weighted by molar-refractivity contribution is 0.0727. The number of carbonyl (C=O) groups is 1. The Morgan fingerprint density at radius 1 is 1.28 bits per heavy atom. The molecule has 0 saturated carbocycles. The largest absolute Gasteiger partial charge is 0.497 e. The molecule has 0 spiro atoms. The van der Waals surface area contributed by atoms with Crippen molar-refractivity contribution < 1.29 is 14.3 Å². The molecule has 94 valence electrons. The van der Waals surface area contributed by atoms with E-state index in [-0.39, 0.29) is 5.69 Å². The summed E-state index contributed by atoms with van der Waals surface area (Å²) in [6.07, 6.45) is 0. The number of hydrogen-bond donors (Lipinski definition) is 0. The molecule has 5 nitrogen and oxygen atoms in total. The number of aromatic nitrogens is 2. The fourth-order valence-electron chi connectivity index (χ4n) is 1.35. The van der Waals surface area contributed by atoms with Gasteiger partial charge < -0.3 is 9.47 Å². The second kappa shape index (κ2) is 5.10. The second-order valence-corrected chi connectivity index (χ2v) is 3.93. The van der Waals surface area contributed by atoms with Crippen molar-refractivity contribution in [3.63, 3.8) is 0 Å². The highest BCUT2D eigenvalue weighted by Gasteiger charge is 2.14. The molecule has 0 aliphatic heterocycles. The van der Waals surface area contributed by atoms with Crippen molar-refractivity contribution in [2.24, 2.45) is 7.05 Å². The Bertz CT molecular complexity index is 544. The number of benzene rings is 1. The van der Waals surface area contributed by atoms with Crippen LogP contribution in [0.15, 0.2) is 30.3 Å². The van der Waals surface area contributed by atoms with Crippen molar-refractivity contribution in [1.82, 2.24) is 9.78 Å². The predicted octanol–water partition coefficient (Wildman–Crippen LogP) is 2.30. The van der Waals surface area contributed by atoms with E-state index >= 15 is 0 Å². The van der Waals surface area contributed by atoms with Crippen LogP contribution in [0.4, 0.5) is 0 Å². The van der Waals surface area contributed by atoms with E-state index in [0.29, 0.717) is 16.7 Å². The molecule has 0 fully saturated rings. The quantitative estimate of drug-likeness (QED) is 0.632. The molecule has 18 heavy (non-hydrogen) atoms. The molecule has 1 heterocycles. The number of ether oxygens (including phenoxy) is 2. The lowest BCUT2D eigenvalue weighted by Crippen LogP contribution is -2.09. The third-order valence-electron chi connectivity index (χ3n) is 2.30. The zero-order valence-corrected chi connectivity index (χ0v) is 10.6. The minimum Gasteiger partial charge on any atom is -0.497 e. The Labute approximate surface area is 109 Å². The first-order valence-corrected chi connectivity index (χ1v) is 5.53. The van der Waals surface area contributed by atoms with Crippen LogP contribution in [-0.4, -0.2) is 22.9 Å². The topological polar surface area (TPSA) is 53.4 Å². The highest BCUT2D eigenvalue weighted by atomic mass is 35.5. The van der Waals surface area contributed by atoms with Gasteiger partial charge in [0.05, 0.1) is 7.11 Å². The Morgan fingerprint density at radius 3 is 2.39 bits per heavy atom. The van der Waals surface area contributed by atoms with Gasteiger partial charge in [-0.15, -0.1) is 0 Å². The van der Waals surface area contributed by atoms with E-state index in [2.05, 4.69) is 5.10 Å². The van der Waals surface area contributed by atoms with Gasteiger partial charge in [-0.1, -0.05) is 11.6 Å². The number of esters is 1. The molecule has 2 rings (SSSR count). The zero-order chi connectivity index (χ0) is 13.1. The van der Waals surface area contributed by atoms with Crippen LogP contribution < -0.4 is 9.47 Å². The highest BCUT2D eigenvalue weighted by molar-refractivity contribution is 6.29. The average Bonchev–Trinajstić information content (AvgIpc) is 2.71. The van der Waals surface area contributed by atoms with Gasteiger partial charge in [0, 0.05) is 13.1 Å². The molecule has 0 aliphatic carbocycles. The van der Waals surface area contributed by atoms with E-state index in [1.165, 1.54) is 10.7 Å². The summed E-state index contributed by atoms with van der Waals surface area (Å²) in [5.74, 6) is 0.556. The lowest BCUT2D eigenvalue weighted by Gasteiger charge is -2.03. The van der Waals surface area contributed by atoms with E-state index < -0.39 is 5.97 Å². The van der Waals surface area contributed by atoms with Crippen LogP contribution in [0.3, 0.4) is 0 Å². The Hall–Kier alpha value is -2.01. The smallest absolute Gasteiger partial charge is 0.364 e. The van der Waals surface area contributed by atoms with Crippen LogP contribution in [0.25, 0.3) is 0 Å². The van der Waals surface area contributed by atoms with Crippen molar-refractivity contribution >= 4 is 17.6 Å². The summed E-state index contributed by atoms with van der Waals surface area (Å²) in [5.41, 5.74) is 0.165. The summed E-state index contributed by atoms with van der Waals surface area (Å²) >= 11 is 5.79. The van der Waals surface area contributed by atoms with Crippen LogP contribution in [0.5, 0.6) is 11.5 Å². The number of carbonyl (C=O) groups excluding carboxylic acids is 1.